The minimum atomic E-state index is -5.08. The predicted octanol–water partition coefficient (Wildman–Crippen LogP) is 4.78. The molecule has 1 aliphatic rings. The second-order valence-corrected chi connectivity index (χ2v) is 8.98. The third-order valence-electron chi connectivity index (χ3n) is 6.43. The van der Waals surface area contributed by atoms with Gasteiger partial charge >= 0.3 is 18.6 Å². The van der Waals surface area contributed by atoms with Gasteiger partial charge in [0.1, 0.15) is 11.9 Å². The zero-order valence-electron chi connectivity index (χ0n) is 20.2. The summed E-state index contributed by atoms with van der Waals surface area (Å²) in [7, 11) is 0. The van der Waals surface area contributed by atoms with Crippen LogP contribution in [0, 0.1) is 11.3 Å². The Morgan fingerprint density at radius 1 is 1.10 bits per heavy atom. The van der Waals surface area contributed by atoms with Crippen LogP contribution in [0.15, 0.2) is 42.5 Å². The van der Waals surface area contributed by atoms with Gasteiger partial charge in [-0.2, -0.15) is 26.3 Å². The SMILES string of the molecule is C[C@@H](O[C@H]1CN(C(=O)[O-])[C@@H](CCC(=O)C=[N+]=N)[C@@H]1c1ccc(F)cc1)c1cc(C(F)(F)F)cc(C(F)(F)F)c1. The number of rotatable bonds is 8. The molecular weight excluding hydrogens is 539 g/mol. The third kappa shape index (κ3) is 7.21. The largest absolute Gasteiger partial charge is 0.530 e. The number of amides is 1. The molecule has 1 amide bonds. The fraction of sp³-hybridized carbons (Fsp3) is 0.400. The lowest BCUT2D eigenvalue weighted by atomic mass is 9.87. The summed E-state index contributed by atoms with van der Waals surface area (Å²) in [6, 6.07) is 4.91. The summed E-state index contributed by atoms with van der Waals surface area (Å²) >= 11 is 0. The molecule has 1 N–H and O–H groups in total. The van der Waals surface area contributed by atoms with Crippen LogP contribution in [0.2, 0.25) is 0 Å². The Hall–Kier alpha value is -3.77. The van der Waals surface area contributed by atoms with Crippen LogP contribution in [-0.2, 0) is 21.9 Å². The minimum absolute atomic E-state index is 0.0157. The lowest BCUT2D eigenvalue weighted by molar-refractivity contribution is -0.267. The van der Waals surface area contributed by atoms with Crippen LogP contribution in [-0.4, -0.2) is 46.5 Å². The monoisotopic (exact) mass is 561 g/mol. The molecule has 0 radical (unpaired) electrons. The van der Waals surface area contributed by atoms with E-state index in [2.05, 4.69) is 4.79 Å². The summed E-state index contributed by atoms with van der Waals surface area (Å²) in [5.41, 5.74) is 3.61. The average molecular weight is 561 g/mol. The lowest BCUT2D eigenvalue weighted by Gasteiger charge is -2.30. The maximum Gasteiger partial charge on any atom is 0.416 e. The highest BCUT2D eigenvalue weighted by molar-refractivity contribution is 6.25. The smallest absolute Gasteiger partial charge is 0.416 e. The summed E-state index contributed by atoms with van der Waals surface area (Å²) in [5, 5.41) is 11.9. The fourth-order valence-electron chi connectivity index (χ4n) is 4.66. The van der Waals surface area contributed by atoms with Gasteiger partial charge < -0.3 is 19.5 Å². The number of carboxylic acid groups (broad SMARTS) is 1. The topological polar surface area (TPSA) is 108 Å². The molecule has 4 atom stereocenters. The summed E-state index contributed by atoms with van der Waals surface area (Å²) in [4.78, 5) is 27.6. The molecule has 0 saturated carbocycles. The molecule has 1 fully saturated rings. The van der Waals surface area contributed by atoms with Crippen molar-refractivity contribution in [3.8, 4) is 0 Å². The molecule has 39 heavy (non-hydrogen) atoms. The highest BCUT2D eigenvalue weighted by Gasteiger charge is 2.45. The molecule has 1 heterocycles. The number of halogens is 7. The van der Waals surface area contributed by atoms with Gasteiger partial charge in [-0.3, -0.25) is 4.79 Å². The van der Waals surface area contributed by atoms with E-state index in [9.17, 15) is 45.4 Å². The van der Waals surface area contributed by atoms with Crippen molar-refractivity contribution in [1.29, 1.82) is 5.53 Å². The zero-order valence-corrected chi connectivity index (χ0v) is 20.2. The molecule has 2 aromatic carbocycles. The third-order valence-corrected chi connectivity index (χ3v) is 6.43. The summed E-state index contributed by atoms with van der Waals surface area (Å²) in [5.74, 6) is -2.08. The van der Waals surface area contributed by atoms with Crippen LogP contribution in [0.1, 0.15) is 54.0 Å². The number of Topliss-reactive ketones (excluding diaryl/α,β-unsaturated/α-hetero) is 1. The van der Waals surface area contributed by atoms with Crippen molar-refractivity contribution in [2.24, 2.45) is 0 Å². The molecular formula is C25H22F7N3O4. The van der Waals surface area contributed by atoms with Gasteiger partial charge in [-0.1, -0.05) is 12.1 Å². The van der Waals surface area contributed by atoms with E-state index in [1.807, 2.05) is 0 Å². The maximum absolute atomic E-state index is 13.6. The average Bonchev–Trinajstić information content (AvgIpc) is 3.20. The Bertz CT molecular complexity index is 1230. The highest BCUT2D eigenvalue weighted by Crippen LogP contribution is 2.42. The first-order valence-electron chi connectivity index (χ1n) is 11.5. The zero-order chi connectivity index (χ0) is 29.1. The molecule has 0 unspecified atom stereocenters. The van der Waals surface area contributed by atoms with Crippen LogP contribution in [0.3, 0.4) is 0 Å². The van der Waals surface area contributed by atoms with Crippen LogP contribution in [0.5, 0.6) is 0 Å². The Kier molecular flexibility index (Phi) is 8.81. The van der Waals surface area contributed by atoms with Crippen molar-refractivity contribution in [2.45, 2.75) is 56.3 Å². The summed E-state index contributed by atoms with van der Waals surface area (Å²) < 4.78 is 99.6. The first-order chi connectivity index (χ1) is 18.1. The first kappa shape index (κ1) is 29.8. The fourth-order valence-corrected chi connectivity index (χ4v) is 4.66. The molecule has 1 saturated heterocycles. The van der Waals surface area contributed by atoms with Crippen molar-refractivity contribution < 1.29 is 55.0 Å². The number of nitrogens with zero attached hydrogens (tertiary/aromatic N) is 2. The second-order valence-electron chi connectivity index (χ2n) is 8.98. The number of ketones is 1. The van der Waals surface area contributed by atoms with Gasteiger partial charge in [0.05, 0.1) is 33.7 Å². The number of alkyl halides is 6. The van der Waals surface area contributed by atoms with Gasteiger partial charge in [0.25, 0.3) is 0 Å². The van der Waals surface area contributed by atoms with Crippen molar-refractivity contribution in [3.05, 3.63) is 70.5 Å². The summed E-state index contributed by atoms with van der Waals surface area (Å²) in [6.45, 7) is 0.841. The van der Waals surface area contributed by atoms with Gasteiger partial charge in [-0.15, -0.1) is 0 Å². The Morgan fingerprint density at radius 2 is 1.67 bits per heavy atom. The number of ether oxygens (including phenoxy) is 1. The molecule has 0 bridgehead atoms. The van der Waals surface area contributed by atoms with E-state index in [1.54, 1.807) is 0 Å². The van der Waals surface area contributed by atoms with Gasteiger partial charge in [0.2, 0.25) is 5.78 Å². The Morgan fingerprint density at radius 3 is 2.15 bits per heavy atom. The van der Waals surface area contributed by atoms with E-state index in [-0.39, 0.29) is 25.5 Å². The van der Waals surface area contributed by atoms with Gasteiger partial charge in [0, 0.05) is 24.9 Å². The molecule has 0 spiro atoms. The number of carbonyl (C=O) groups excluding carboxylic acids is 2. The van der Waals surface area contributed by atoms with Crippen LogP contribution in [0.4, 0.5) is 35.5 Å². The van der Waals surface area contributed by atoms with E-state index >= 15 is 0 Å². The number of nitrogens with one attached hydrogen (secondary N) is 1. The number of hydrogen-bond acceptors (Lipinski definition) is 5. The molecule has 0 aliphatic carbocycles. The maximum atomic E-state index is 13.6. The Balaban J connectivity index is 2.01. The number of carbonyl (C=O) groups is 2. The van der Waals surface area contributed by atoms with E-state index in [4.69, 9.17) is 10.3 Å². The molecule has 14 heteroatoms. The number of benzene rings is 2. The molecule has 0 aromatic heterocycles. The van der Waals surface area contributed by atoms with E-state index in [0.717, 1.165) is 23.2 Å². The molecule has 2 aromatic rings. The van der Waals surface area contributed by atoms with E-state index in [0.29, 0.717) is 17.7 Å². The van der Waals surface area contributed by atoms with Gasteiger partial charge in [-0.05, 0) is 54.8 Å². The van der Waals surface area contributed by atoms with Crippen molar-refractivity contribution in [1.82, 2.24) is 4.90 Å². The second kappa shape index (κ2) is 11.5. The van der Waals surface area contributed by atoms with Crippen LogP contribution in [0.25, 0.3) is 0 Å². The van der Waals surface area contributed by atoms with Crippen LogP contribution >= 0.6 is 0 Å². The van der Waals surface area contributed by atoms with Crippen molar-refractivity contribution in [3.63, 3.8) is 0 Å². The quantitative estimate of drug-likeness (QED) is 0.217. The molecule has 210 valence electrons. The van der Waals surface area contributed by atoms with Crippen LogP contribution < -0.4 is 5.11 Å². The normalized spacial score (nSPS) is 20.4. The van der Waals surface area contributed by atoms with Crippen molar-refractivity contribution >= 4 is 18.1 Å². The van der Waals surface area contributed by atoms with E-state index in [1.165, 1.54) is 19.1 Å². The minimum Gasteiger partial charge on any atom is -0.530 e. The number of hydrogen-bond donors (Lipinski definition) is 1. The number of likely N-dealkylation sites (tertiary alicyclic amines) is 1. The highest BCUT2D eigenvalue weighted by atomic mass is 19.4. The standard InChI is InChI=1S/C25H22F7N3O4/c1-13(15-8-16(24(27,28)29)10-17(9-15)25(30,31)32)39-21-12-35(23(37)38)20(7-6-19(36)11-34-33)22(21)14-2-4-18(26)5-3-14/h2-5,8-11,13,20-22,33H,6-7,12H2,1H3/t13-,20+,21+,22+/m1/s1. The predicted molar refractivity (Wildman–Crippen MR) is 118 cm³/mol. The first-order valence-corrected chi connectivity index (χ1v) is 11.5. The van der Waals surface area contributed by atoms with Crippen molar-refractivity contribution in [2.75, 3.05) is 6.54 Å². The summed E-state index contributed by atoms with van der Waals surface area (Å²) in [6.07, 6.45) is -13.9. The van der Waals surface area contributed by atoms with Gasteiger partial charge in [0.15, 0.2) is 0 Å². The Labute approximate surface area is 217 Å². The molecule has 1 aliphatic heterocycles. The van der Waals surface area contributed by atoms with E-state index < -0.39 is 70.9 Å². The van der Waals surface area contributed by atoms with Gasteiger partial charge in [-0.25, -0.2) is 4.39 Å². The molecule has 3 rings (SSSR count). The lowest BCUT2D eigenvalue weighted by Crippen LogP contribution is -2.45. The molecule has 7 nitrogen and oxygen atoms in total.